The zero-order valence-electron chi connectivity index (χ0n) is 9.17. The lowest BCUT2D eigenvalue weighted by molar-refractivity contribution is 0.212. The Labute approximate surface area is 92.3 Å². The van der Waals surface area contributed by atoms with Crippen molar-refractivity contribution in [2.75, 3.05) is 25.7 Å². The van der Waals surface area contributed by atoms with Gasteiger partial charge in [-0.1, -0.05) is 5.16 Å². The van der Waals surface area contributed by atoms with Gasteiger partial charge in [0.1, 0.15) is 18.5 Å². The summed E-state index contributed by atoms with van der Waals surface area (Å²) in [6.45, 7) is 0.748. The molecule has 1 aromatic rings. The minimum absolute atomic E-state index is 0.287. The standard InChI is InChI=1S/C10H13N3O3/c1-12-5-3-7(11-16-2)9-10(15)8(14)4-6-13(9)12/h4,6,15H,3,5H2,1-2H3/b11-7+. The summed E-state index contributed by atoms with van der Waals surface area (Å²) in [5.41, 5.74) is 0.573. The highest BCUT2D eigenvalue weighted by Crippen LogP contribution is 2.18. The Bertz CT molecular complexity index is 493. The van der Waals surface area contributed by atoms with Crippen molar-refractivity contribution < 1.29 is 9.94 Å². The second-order valence-electron chi connectivity index (χ2n) is 3.57. The summed E-state index contributed by atoms with van der Waals surface area (Å²) in [5.74, 6) is -0.287. The van der Waals surface area contributed by atoms with E-state index in [1.165, 1.54) is 13.2 Å². The fourth-order valence-electron chi connectivity index (χ4n) is 1.76. The van der Waals surface area contributed by atoms with Crippen LogP contribution in [-0.2, 0) is 4.84 Å². The molecule has 16 heavy (non-hydrogen) atoms. The Balaban J connectivity index is 2.67. The molecule has 0 saturated heterocycles. The van der Waals surface area contributed by atoms with Gasteiger partial charge in [0.2, 0.25) is 5.43 Å². The summed E-state index contributed by atoms with van der Waals surface area (Å²) in [4.78, 5) is 16.1. The molecule has 0 saturated carbocycles. The minimum Gasteiger partial charge on any atom is -0.503 e. The Morgan fingerprint density at radius 3 is 3.00 bits per heavy atom. The summed E-state index contributed by atoms with van der Waals surface area (Å²) in [6, 6.07) is 1.32. The van der Waals surface area contributed by atoms with Gasteiger partial charge >= 0.3 is 0 Å². The van der Waals surface area contributed by atoms with E-state index in [4.69, 9.17) is 4.84 Å². The zero-order chi connectivity index (χ0) is 11.7. The highest BCUT2D eigenvalue weighted by molar-refractivity contribution is 6.02. The van der Waals surface area contributed by atoms with Gasteiger partial charge in [0.25, 0.3) is 0 Å². The molecular formula is C10H13N3O3. The molecule has 2 heterocycles. The van der Waals surface area contributed by atoms with Crippen molar-refractivity contribution in [2.24, 2.45) is 5.16 Å². The molecule has 86 valence electrons. The lowest BCUT2D eigenvalue weighted by Crippen LogP contribution is -2.41. The molecule has 0 aliphatic carbocycles. The molecule has 2 rings (SSSR count). The number of oxime groups is 1. The second-order valence-corrected chi connectivity index (χ2v) is 3.57. The van der Waals surface area contributed by atoms with E-state index in [9.17, 15) is 9.90 Å². The van der Waals surface area contributed by atoms with E-state index in [1.807, 2.05) is 12.1 Å². The van der Waals surface area contributed by atoms with Crippen LogP contribution in [0.1, 0.15) is 12.1 Å². The van der Waals surface area contributed by atoms with Gasteiger partial charge in [-0.15, -0.1) is 0 Å². The highest BCUT2D eigenvalue weighted by atomic mass is 16.6. The molecular weight excluding hydrogens is 210 g/mol. The molecule has 1 N–H and O–H groups in total. The van der Waals surface area contributed by atoms with Crippen LogP contribution in [0.25, 0.3) is 0 Å². The highest BCUT2D eigenvalue weighted by Gasteiger charge is 2.23. The van der Waals surface area contributed by atoms with E-state index >= 15 is 0 Å². The summed E-state index contributed by atoms with van der Waals surface area (Å²) in [7, 11) is 3.31. The van der Waals surface area contributed by atoms with Crippen molar-refractivity contribution in [3.8, 4) is 5.75 Å². The van der Waals surface area contributed by atoms with Gasteiger partial charge in [0.15, 0.2) is 5.75 Å². The maximum absolute atomic E-state index is 11.4. The van der Waals surface area contributed by atoms with E-state index < -0.39 is 5.43 Å². The fraction of sp³-hybridized carbons (Fsp3) is 0.400. The number of hydrogen-bond acceptors (Lipinski definition) is 5. The lowest BCUT2D eigenvalue weighted by atomic mass is 10.1. The monoisotopic (exact) mass is 223 g/mol. The van der Waals surface area contributed by atoms with Crippen molar-refractivity contribution in [1.29, 1.82) is 0 Å². The molecule has 6 nitrogen and oxygen atoms in total. The van der Waals surface area contributed by atoms with Crippen LogP contribution in [0.15, 0.2) is 22.2 Å². The first-order chi connectivity index (χ1) is 7.65. The Morgan fingerprint density at radius 1 is 1.56 bits per heavy atom. The normalized spacial score (nSPS) is 17.4. The Morgan fingerprint density at radius 2 is 2.31 bits per heavy atom. The number of fused-ring (bicyclic) bond motifs is 1. The number of pyridine rings is 1. The lowest BCUT2D eigenvalue weighted by Gasteiger charge is -2.30. The van der Waals surface area contributed by atoms with Gasteiger partial charge in [-0.25, -0.2) is 0 Å². The molecule has 1 aliphatic heterocycles. The first-order valence-corrected chi connectivity index (χ1v) is 4.91. The summed E-state index contributed by atoms with van der Waals surface area (Å²) in [5, 5.41) is 15.5. The van der Waals surface area contributed by atoms with E-state index in [0.29, 0.717) is 17.8 Å². The summed E-state index contributed by atoms with van der Waals surface area (Å²) in [6.07, 6.45) is 2.24. The van der Waals surface area contributed by atoms with Gasteiger partial charge in [-0.2, -0.15) is 0 Å². The van der Waals surface area contributed by atoms with Crippen LogP contribution in [0.3, 0.4) is 0 Å². The fourth-order valence-corrected chi connectivity index (χ4v) is 1.76. The van der Waals surface area contributed by atoms with Gasteiger partial charge < -0.3 is 15.0 Å². The van der Waals surface area contributed by atoms with E-state index in [-0.39, 0.29) is 5.75 Å². The first kappa shape index (κ1) is 10.5. The number of hydrogen-bond donors (Lipinski definition) is 1. The van der Waals surface area contributed by atoms with Gasteiger partial charge in [-0.3, -0.25) is 9.47 Å². The maximum atomic E-state index is 11.4. The average Bonchev–Trinajstić information content (AvgIpc) is 2.27. The topological polar surface area (TPSA) is 67.1 Å². The third-order valence-electron chi connectivity index (χ3n) is 2.57. The van der Waals surface area contributed by atoms with Crippen molar-refractivity contribution in [3.05, 3.63) is 28.2 Å². The molecule has 0 radical (unpaired) electrons. The predicted octanol–water partition coefficient (Wildman–Crippen LogP) is -0.124. The summed E-state index contributed by atoms with van der Waals surface area (Å²) < 4.78 is 1.69. The third-order valence-corrected chi connectivity index (χ3v) is 2.57. The molecule has 0 aromatic carbocycles. The van der Waals surface area contributed by atoms with Crippen LogP contribution in [0.2, 0.25) is 0 Å². The Hall–Kier alpha value is -1.98. The second kappa shape index (κ2) is 3.88. The average molecular weight is 223 g/mol. The molecule has 0 bridgehead atoms. The van der Waals surface area contributed by atoms with E-state index in [1.54, 1.807) is 10.9 Å². The molecule has 0 fully saturated rings. The number of nitrogens with zero attached hydrogens (tertiary/aromatic N) is 3. The quantitative estimate of drug-likeness (QED) is 0.674. The summed E-state index contributed by atoms with van der Waals surface area (Å²) >= 11 is 0. The van der Waals surface area contributed by atoms with Crippen molar-refractivity contribution >= 4 is 5.71 Å². The van der Waals surface area contributed by atoms with Crippen LogP contribution >= 0.6 is 0 Å². The molecule has 6 heteroatoms. The smallest absolute Gasteiger partial charge is 0.224 e. The van der Waals surface area contributed by atoms with Gasteiger partial charge in [0, 0.05) is 32.3 Å². The van der Waals surface area contributed by atoms with Gasteiger partial charge in [0.05, 0.1) is 0 Å². The zero-order valence-corrected chi connectivity index (χ0v) is 9.17. The molecule has 0 spiro atoms. The number of aromatic nitrogens is 1. The number of rotatable bonds is 1. The number of aromatic hydroxyl groups is 1. The molecule has 0 atom stereocenters. The van der Waals surface area contributed by atoms with Crippen molar-refractivity contribution in [2.45, 2.75) is 6.42 Å². The van der Waals surface area contributed by atoms with Crippen LogP contribution in [-0.4, -0.2) is 36.2 Å². The Kier molecular flexibility index (Phi) is 2.55. The van der Waals surface area contributed by atoms with Crippen LogP contribution in [0.5, 0.6) is 5.75 Å². The van der Waals surface area contributed by atoms with Gasteiger partial charge in [-0.05, 0) is 0 Å². The minimum atomic E-state index is -0.412. The van der Waals surface area contributed by atoms with Crippen LogP contribution < -0.4 is 10.4 Å². The maximum Gasteiger partial charge on any atom is 0.224 e. The van der Waals surface area contributed by atoms with Crippen LogP contribution in [0.4, 0.5) is 0 Å². The third kappa shape index (κ3) is 1.52. The molecule has 1 aliphatic rings. The molecule has 0 amide bonds. The first-order valence-electron chi connectivity index (χ1n) is 4.91. The van der Waals surface area contributed by atoms with E-state index in [2.05, 4.69) is 5.16 Å². The SMILES string of the molecule is CO/N=C1\CCN(C)n2ccc(=O)c(O)c21. The van der Waals surface area contributed by atoms with Crippen molar-refractivity contribution in [3.63, 3.8) is 0 Å². The van der Waals surface area contributed by atoms with Crippen molar-refractivity contribution in [1.82, 2.24) is 4.68 Å². The van der Waals surface area contributed by atoms with E-state index in [0.717, 1.165) is 6.54 Å². The molecule has 0 unspecified atom stereocenters. The predicted molar refractivity (Wildman–Crippen MR) is 59.5 cm³/mol. The largest absolute Gasteiger partial charge is 0.503 e. The van der Waals surface area contributed by atoms with Crippen LogP contribution in [0, 0.1) is 0 Å². The molecule has 1 aromatic heterocycles.